The van der Waals surface area contributed by atoms with Gasteiger partial charge < -0.3 is 9.84 Å². The molecule has 0 rings (SSSR count). The number of carbonyl (C=O) groups is 1. The molecule has 0 aliphatic rings. The highest BCUT2D eigenvalue weighted by Crippen LogP contribution is 1.95. The summed E-state index contributed by atoms with van der Waals surface area (Å²) >= 11 is 0. The van der Waals surface area contributed by atoms with Gasteiger partial charge >= 0.3 is 5.97 Å². The van der Waals surface area contributed by atoms with Gasteiger partial charge in [0.1, 0.15) is 6.54 Å². The fourth-order valence-electron chi connectivity index (χ4n) is 0.601. The minimum atomic E-state index is -0.283. The Morgan fingerprint density at radius 1 is 1.55 bits per heavy atom. The number of hydrogen-bond donors (Lipinski definition) is 1. The molecule has 0 unspecified atom stereocenters. The Hall–Kier alpha value is -0.610. The summed E-state index contributed by atoms with van der Waals surface area (Å²) in [5.41, 5.74) is 0. The lowest BCUT2D eigenvalue weighted by Crippen LogP contribution is -2.44. The van der Waals surface area contributed by atoms with Crippen LogP contribution in [-0.4, -0.2) is 49.5 Å². The molecule has 0 saturated carbocycles. The molecule has 0 amide bonds. The highest BCUT2D eigenvalue weighted by atomic mass is 16.5. The zero-order valence-corrected chi connectivity index (χ0v) is 7.33. The van der Waals surface area contributed by atoms with E-state index >= 15 is 0 Å². The van der Waals surface area contributed by atoms with Gasteiger partial charge in [-0.1, -0.05) is 0 Å². The SMILES string of the molecule is CC(=O)OC[N+](C)(C)CCO. The minimum Gasteiger partial charge on any atom is -0.415 e. The van der Waals surface area contributed by atoms with E-state index in [2.05, 4.69) is 0 Å². The third-order valence-electron chi connectivity index (χ3n) is 1.32. The smallest absolute Gasteiger partial charge is 0.306 e. The lowest BCUT2D eigenvalue weighted by atomic mass is 10.5. The van der Waals surface area contributed by atoms with Crippen molar-refractivity contribution in [1.29, 1.82) is 0 Å². The maximum Gasteiger partial charge on any atom is 0.306 e. The van der Waals surface area contributed by atoms with Gasteiger partial charge in [-0.25, -0.2) is 0 Å². The van der Waals surface area contributed by atoms with Crippen molar-refractivity contribution >= 4 is 5.97 Å². The molecule has 0 aliphatic heterocycles. The van der Waals surface area contributed by atoms with Gasteiger partial charge in [-0.3, -0.25) is 9.28 Å². The van der Waals surface area contributed by atoms with Crippen LogP contribution in [0.1, 0.15) is 6.92 Å². The summed E-state index contributed by atoms with van der Waals surface area (Å²) in [5.74, 6) is -0.283. The molecule has 0 atom stereocenters. The molecule has 1 N–H and O–H groups in total. The number of rotatable bonds is 4. The van der Waals surface area contributed by atoms with E-state index in [9.17, 15) is 4.79 Å². The molecule has 0 saturated heterocycles. The number of esters is 1. The molecule has 0 radical (unpaired) electrons. The van der Waals surface area contributed by atoms with E-state index in [-0.39, 0.29) is 12.6 Å². The molecule has 0 aromatic carbocycles. The average Bonchev–Trinajstić information content (AvgIpc) is 1.84. The maximum atomic E-state index is 10.4. The Kier molecular flexibility index (Phi) is 4.07. The Labute approximate surface area is 67.0 Å². The van der Waals surface area contributed by atoms with Crippen molar-refractivity contribution in [2.45, 2.75) is 6.92 Å². The van der Waals surface area contributed by atoms with Crippen molar-refractivity contribution in [3.05, 3.63) is 0 Å². The van der Waals surface area contributed by atoms with Crippen LogP contribution in [0.5, 0.6) is 0 Å². The lowest BCUT2D eigenvalue weighted by molar-refractivity contribution is -0.907. The summed E-state index contributed by atoms with van der Waals surface area (Å²) in [6, 6.07) is 0. The first-order chi connectivity index (χ1) is 4.98. The molecule has 4 heteroatoms. The highest BCUT2D eigenvalue weighted by molar-refractivity contribution is 5.65. The van der Waals surface area contributed by atoms with Crippen LogP contribution in [0.2, 0.25) is 0 Å². The van der Waals surface area contributed by atoms with E-state index < -0.39 is 0 Å². The van der Waals surface area contributed by atoms with Crippen molar-refractivity contribution in [2.24, 2.45) is 0 Å². The van der Waals surface area contributed by atoms with Gasteiger partial charge in [0.2, 0.25) is 6.73 Å². The molecule has 0 aromatic rings. The Morgan fingerprint density at radius 2 is 2.09 bits per heavy atom. The fourth-order valence-corrected chi connectivity index (χ4v) is 0.601. The highest BCUT2D eigenvalue weighted by Gasteiger charge is 2.14. The van der Waals surface area contributed by atoms with E-state index in [1.807, 2.05) is 14.1 Å². The van der Waals surface area contributed by atoms with Crippen molar-refractivity contribution < 1.29 is 19.1 Å². The zero-order chi connectivity index (χ0) is 8.91. The largest absolute Gasteiger partial charge is 0.415 e. The Balaban J connectivity index is 3.63. The number of aliphatic hydroxyl groups is 1. The van der Waals surface area contributed by atoms with Crippen LogP contribution in [0.15, 0.2) is 0 Å². The number of nitrogens with zero attached hydrogens (tertiary/aromatic N) is 1. The van der Waals surface area contributed by atoms with Crippen molar-refractivity contribution in [3.63, 3.8) is 0 Å². The molecular formula is C7H16NO3+. The van der Waals surface area contributed by atoms with Crippen LogP contribution >= 0.6 is 0 Å². The number of carbonyl (C=O) groups excluding carboxylic acids is 1. The van der Waals surface area contributed by atoms with Gasteiger partial charge in [0.25, 0.3) is 0 Å². The van der Waals surface area contributed by atoms with E-state index in [4.69, 9.17) is 9.84 Å². The standard InChI is InChI=1S/C7H16NO3/c1-7(10)11-6-8(2,3)4-5-9/h9H,4-6H2,1-3H3/q+1. The molecule has 0 heterocycles. The fraction of sp³-hybridized carbons (Fsp3) is 0.857. The number of likely N-dealkylation sites (N-methyl/N-ethyl adjacent to an activating group) is 1. The van der Waals surface area contributed by atoms with E-state index in [0.29, 0.717) is 17.8 Å². The van der Waals surface area contributed by atoms with E-state index in [1.54, 1.807) is 0 Å². The first kappa shape index (κ1) is 10.4. The molecular weight excluding hydrogens is 146 g/mol. The zero-order valence-electron chi connectivity index (χ0n) is 7.33. The number of aliphatic hydroxyl groups excluding tert-OH is 1. The Bertz CT molecular complexity index is 134. The van der Waals surface area contributed by atoms with Crippen LogP contribution in [0.3, 0.4) is 0 Å². The van der Waals surface area contributed by atoms with Crippen LogP contribution in [-0.2, 0) is 9.53 Å². The van der Waals surface area contributed by atoms with Gasteiger partial charge in [-0.15, -0.1) is 0 Å². The monoisotopic (exact) mass is 162 g/mol. The van der Waals surface area contributed by atoms with Crippen molar-refractivity contribution in [3.8, 4) is 0 Å². The third kappa shape index (κ3) is 5.82. The summed E-state index contributed by atoms with van der Waals surface area (Å²) in [5, 5.41) is 8.61. The number of ether oxygens (including phenoxy) is 1. The summed E-state index contributed by atoms with van der Waals surface area (Å²) < 4.78 is 5.28. The molecule has 0 aliphatic carbocycles. The van der Waals surface area contributed by atoms with Gasteiger partial charge in [0.05, 0.1) is 20.7 Å². The normalized spacial score (nSPS) is 11.3. The van der Waals surface area contributed by atoms with Crippen molar-refractivity contribution in [1.82, 2.24) is 0 Å². The molecule has 0 aromatic heterocycles. The molecule has 11 heavy (non-hydrogen) atoms. The van der Waals surface area contributed by atoms with Gasteiger partial charge in [-0.2, -0.15) is 0 Å². The summed E-state index contributed by atoms with van der Waals surface area (Å²) in [6.45, 7) is 2.39. The second-order valence-electron chi connectivity index (χ2n) is 3.15. The molecule has 0 spiro atoms. The van der Waals surface area contributed by atoms with Crippen LogP contribution in [0.25, 0.3) is 0 Å². The van der Waals surface area contributed by atoms with Gasteiger partial charge in [0, 0.05) is 6.92 Å². The van der Waals surface area contributed by atoms with Crippen molar-refractivity contribution in [2.75, 3.05) is 34.0 Å². The summed E-state index contributed by atoms with van der Waals surface area (Å²) in [6.07, 6.45) is 0. The molecule has 4 nitrogen and oxygen atoms in total. The number of quaternary nitrogens is 1. The summed E-state index contributed by atoms with van der Waals surface area (Å²) in [4.78, 5) is 10.4. The first-order valence-electron chi connectivity index (χ1n) is 3.54. The molecule has 66 valence electrons. The average molecular weight is 162 g/mol. The van der Waals surface area contributed by atoms with Crippen LogP contribution < -0.4 is 0 Å². The quantitative estimate of drug-likeness (QED) is 0.347. The third-order valence-corrected chi connectivity index (χ3v) is 1.32. The predicted molar refractivity (Wildman–Crippen MR) is 40.7 cm³/mol. The minimum absolute atomic E-state index is 0.105. The van der Waals surface area contributed by atoms with Crippen LogP contribution in [0.4, 0.5) is 0 Å². The topological polar surface area (TPSA) is 46.5 Å². The van der Waals surface area contributed by atoms with Gasteiger partial charge in [0.15, 0.2) is 0 Å². The van der Waals surface area contributed by atoms with Gasteiger partial charge in [-0.05, 0) is 0 Å². The maximum absolute atomic E-state index is 10.4. The number of hydrogen-bond acceptors (Lipinski definition) is 3. The second-order valence-corrected chi connectivity index (χ2v) is 3.15. The predicted octanol–water partition coefficient (Wildman–Crippen LogP) is -0.424. The van der Waals surface area contributed by atoms with Crippen LogP contribution in [0, 0.1) is 0 Å². The summed E-state index contributed by atoms with van der Waals surface area (Å²) in [7, 11) is 3.78. The molecule has 0 bridgehead atoms. The lowest BCUT2D eigenvalue weighted by Gasteiger charge is -2.27. The molecule has 0 fully saturated rings. The Morgan fingerprint density at radius 3 is 2.45 bits per heavy atom. The van der Waals surface area contributed by atoms with E-state index in [0.717, 1.165) is 0 Å². The first-order valence-corrected chi connectivity index (χ1v) is 3.54. The second kappa shape index (κ2) is 4.31. The van der Waals surface area contributed by atoms with E-state index in [1.165, 1.54) is 6.92 Å².